The molecule has 108 valence electrons. The van der Waals surface area contributed by atoms with Crippen LogP contribution in [-0.2, 0) is 12.8 Å². The maximum Gasteiger partial charge on any atom is 0.157 e. The molecule has 0 aliphatic rings. The van der Waals surface area contributed by atoms with Crippen LogP contribution in [0.4, 0.5) is 5.69 Å². The van der Waals surface area contributed by atoms with Crippen LogP contribution in [0.3, 0.4) is 0 Å². The predicted molar refractivity (Wildman–Crippen MR) is 86.8 cm³/mol. The Kier molecular flexibility index (Phi) is 3.37. The van der Waals surface area contributed by atoms with Crippen molar-refractivity contribution in [2.24, 2.45) is 0 Å². The van der Waals surface area contributed by atoms with Crippen LogP contribution >= 0.6 is 0 Å². The lowest BCUT2D eigenvalue weighted by atomic mass is 10.1. The summed E-state index contributed by atoms with van der Waals surface area (Å²) in [5, 5.41) is 5.81. The normalized spacial score (nSPS) is 11.2. The van der Waals surface area contributed by atoms with E-state index in [1.807, 2.05) is 22.9 Å². The van der Waals surface area contributed by atoms with E-state index >= 15 is 0 Å². The maximum absolute atomic E-state index is 6.21. The van der Waals surface area contributed by atoms with Gasteiger partial charge in [-0.25, -0.2) is 9.67 Å². The SMILES string of the molecule is CCc1nn(-c2nc3ccccc3cc2C)c(CC)c1N. The fraction of sp³-hybridized carbons (Fsp3) is 0.294. The molecule has 2 heterocycles. The second-order valence-electron chi connectivity index (χ2n) is 5.25. The van der Waals surface area contributed by atoms with Crippen LogP contribution in [0.25, 0.3) is 16.7 Å². The molecule has 0 spiro atoms. The van der Waals surface area contributed by atoms with E-state index in [2.05, 4.69) is 38.0 Å². The van der Waals surface area contributed by atoms with Crippen molar-refractivity contribution in [2.45, 2.75) is 33.6 Å². The number of para-hydroxylation sites is 1. The van der Waals surface area contributed by atoms with E-state index in [1.54, 1.807) is 0 Å². The van der Waals surface area contributed by atoms with Gasteiger partial charge in [-0.2, -0.15) is 5.10 Å². The molecule has 0 amide bonds. The Morgan fingerprint density at radius 1 is 1.14 bits per heavy atom. The second kappa shape index (κ2) is 5.20. The van der Waals surface area contributed by atoms with E-state index in [9.17, 15) is 0 Å². The molecule has 0 saturated carbocycles. The molecule has 0 aliphatic carbocycles. The summed E-state index contributed by atoms with van der Waals surface area (Å²) in [6.45, 7) is 6.24. The summed E-state index contributed by atoms with van der Waals surface area (Å²) in [6, 6.07) is 10.3. The first-order valence-electron chi connectivity index (χ1n) is 7.38. The molecule has 21 heavy (non-hydrogen) atoms. The molecule has 3 aromatic rings. The molecule has 1 aromatic carbocycles. The van der Waals surface area contributed by atoms with E-state index in [-0.39, 0.29) is 0 Å². The summed E-state index contributed by atoms with van der Waals surface area (Å²) in [7, 11) is 0. The van der Waals surface area contributed by atoms with Gasteiger partial charge in [0.2, 0.25) is 0 Å². The van der Waals surface area contributed by atoms with Gasteiger partial charge in [-0.05, 0) is 37.5 Å². The molecular weight excluding hydrogens is 260 g/mol. The third-order valence-electron chi connectivity index (χ3n) is 3.86. The summed E-state index contributed by atoms with van der Waals surface area (Å²) in [6.07, 6.45) is 1.67. The average Bonchev–Trinajstić information content (AvgIpc) is 2.82. The van der Waals surface area contributed by atoms with Gasteiger partial charge in [0, 0.05) is 5.39 Å². The number of nitrogens with zero attached hydrogens (tertiary/aromatic N) is 3. The third-order valence-corrected chi connectivity index (χ3v) is 3.86. The maximum atomic E-state index is 6.21. The molecule has 0 bridgehead atoms. The van der Waals surface area contributed by atoms with Gasteiger partial charge in [-0.1, -0.05) is 32.0 Å². The smallest absolute Gasteiger partial charge is 0.157 e. The highest BCUT2D eigenvalue weighted by Gasteiger charge is 2.16. The number of nitrogens with two attached hydrogens (primary N) is 1. The number of nitrogen functional groups attached to an aromatic ring is 1. The van der Waals surface area contributed by atoms with Gasteiger partial charge in [0.05, 0.1) is 22.6 Å². The van der Waals surface area contributed by atoms with E-state index in [0.717, 1.165) is 52.2 Å². The van der Waals surface area contributed by atoms with E-state index in [0.29, 0.717) is 0 Å². The largest absolute Gasteiger partial charge is 0.396 e. The first kappa shape index (κ1) is 13.6. The Balaban J connectivity index is 2.27. The predicted octanol–water partition coefficient (Wildman–Crippen LogP) is 3.44. The molecule has 0 aliphatic heterocycles. The van der Waals surface area contributed by atoms with Crippen LogP contribution in [0, 0.1) is 6.92 Å². The summed E-state index contributed by atoms with van der Waals surface area (Å²) in [5.41, 5.74) is 11.1. The van der Waals surface area contributed by atoms with Gasteiger partial charge in [0.25, 0.3) is 0 Å². The minimum Gasteiger partial charge on any atom is -0.396 e. The van der Waals surface area contributed by atoms with E-state index in [4.69, 9.17) is 10.7 Å². The molecule has 2 N–H and O–H groups in total. The Bertz CT molecular complexity index is 802. The van der Waals surface area contributed by atoms with Crippen LogP contribution in [0.15, 0.2) is 30.3 Å². The quantitative estimate of drug-likeness (QED) is 0.799. The van der Waals surface area contributed by atoms with Crippen LogP contribution in [0.5, 0.6) is 0 Å². The Morgan fingerprint density at radius 2 is 1.90 bits per heavy atom. The summed E-state index contributed by atoms with van der Waals surface area (Å²) in [4.78, 5) is 4.79. The standard InChI is InChI=1S/C17H20N4/c1-4-13-16(18)15(5-2)21(20-13)17-11(3)10-12-8-6-7-9-14(12)19-17/h6-10H,4-5,18H2,1-3H3. The fourth-order valence-electron chi connectivity index (χ4n) is 2.72. The van der Waals surface area contributed by atoms with Crippen molar-refractivity contribution in [3.63, 3.8) is 0 Å². The highest BCUT2D eigenvalue weighted by molar-refractivity contribution is 5.80. The average molecular weight is 280 g/mol. The third kappa shape index (κ3) is 2.17. The van der Waals surface area contributed by atoms with Gasteiger partial charge in [-0.15, -0.1) is 0 Å². The molecule has 0 atom stereocenters. The van der Waals surface area contributed by atoms with E-state index < -0.39 is 0 Å². The Hall–Kier alpha value is -2.36. The highest BCUT2D eigenvalue weighted by atomic mass is 15.3. The zero-order valence-corrected chi connectivity index (χ0v) is 12.7. The number of pyridine rings is 1. The van der Waals surface area contributed by atoms with Crippen LogP contribution in [0.2, 0.25) is 0 Å². The molecular formula is C17H20N4. The lowest BCUT2D eigenvalue weighted by molar-refractivity contribution is 0.770. The number of hydrogen-bond acceptors (Lipinski definition) is 3. The summed E-state index contributed by atoms with van der Waals surface area (Å²) >= 11 is 0. The number of aromatic nitrogens is 3. The van der Waals surface area contributed by atoms with Crippen molar-refractivity contribution < 1.29 is 0 Å². The van der Waals surface area contributed by atoms with Crippen molar-refractivity contribution >= 4 is 16.6 Å². The van der Waals surface area contributed by atoms with Crippen molar-refractivity contribution in [3.05, 3.63) is 47.3 Å². The zero-order chi connectivity index (χ0) is 15.0. The molecule has 4 heteroatoms. The minimum atomic E-state index is 0.800. The van der Waals surface area contributed by atoms with Crippen molar-refractivity contribution in [3.8, 4) is 5.82 Å². The molecule has 0 saturated heterocycles. The van der Waals surface area contributed by atoms with Crippen molar-refractivity contribution in [1.82, 2.24) is 14.8 Å². The number of rotatable bonds is 3. The molecule has 2 aromatic heterocycles. The molecule has 0 fully saturated rings. The number of hydrogen-bond donors (Lipinski definition) is 1. The Labute approximate surface area is 124 Å². The van der Waals surface area contributed by atoms with Crippen LogP contribution in [0.1, 0.15) is 30.8 Å². The molecule has 4 nitrogen and oxygen atoms in total. The fourth-order valence-corrected chi connectivity index (χ4v) is 2.72. The monoisotopic (exact) mass is 280 g/mol. The number of anilines is 1. The van der Waals surface area contributed by atoms with Gasteiger partial charge in [0.15, 0.2) is 5.82 Å². The number of benzene rings is 1. The molecule has 0 unspecified atom stereocenters. The van der Waals surface area contributed by atoms with Crippen LogP contribution in [-0.4, -0.2) is 14.8 Å². The van der Waals surface area contributed by atoms with Crippen LogP contribution < -0.4 is 5.73 Å². The van der Waals surface area contributed by atoms with Crippen molar-refractivity contribution in [2.75, 3.05) is 5.73 Å². The zero-order valence-electron chi connectivity index (χ0n) is 12.7. The second-order valence-corrected chi connectivity index (χ2v) is 5.25. The number of fused-ring (bicyclic) bond motifs is 1. The van der Waals surface area contributed by atoms with Gasteiger partial charge in [-0.3, -0.25) is 0 Å². The highest BCUT2D eigenvalue weighted by Crippen LogP contribution is 2.25. The van der Waals surface area contributed by atoms with Gasteiger partial charge >= 0.3 is 0 Å². The molecule has 0 radical (unpaired) electrons. The first-order chi connectivity index (χ1) is 10.2. The summed E-state index contributed by atoms with van der Waals surface area (Å²) < 4.78 is 1.91. The van der Waals surface area contributed by atoms with E-state index in [1.165, 1.54) is 0 Å². The lowest BCUT2D eigenvalue weighted by Gasteiger charge is -2.10. The summed E-state index contributed by atoms with van der Waals surface area (Å²) in [5.74, 6) is 0.872. The lowest BCUT2D eigenvalue weighted by Crippen LogP contribution is -2.07. The first-order valence-corrected chi connectivity index (χ1v) is 7.38. The topological polar surface area (TPSA) is 56.7 Å². The molecule has 3 rings (SSSR count). The Morgan fingerprint density at radius 3 is 2.62 bits per heavy atom. The van der Waals surface area contributed by atoms with Crippen molar-refractivity contribution in [1.29, 1.82) is 0 Å². The van der Waals surface area contributed by atoms with Gasteiger partial charge in [0.1, 0.15) is 0 Å². The minimum absolute atomic E-state index is 0.800. The number of aryl methyl sites for hydroxylation is 2. The van der Waals surface area contributed by atoms with Gasteiger partial charge < -0.3 is 5.73 Å².